The summed E-state index contributed by atoms with van der Waals surface area (Å²) in [7, 11) is 0. The van der Waals surface area contributed by atoms with Crippen LogP contribution in [0.3, 0.4) is 0 Å². The summed E-state index contributed by atoms with van der Waals surface area (Å²) in [6, 6.07) is 1.98. The second-order valence-corrected chi connectivity index (χ2v) is 5.02. The van der Waals surface area contributed by atoms with E-state index in [-0.39, 0.29) is 6.79 Å². The van der Waals surface area contributed by atoms with Crippen molar-refractivity contribution in [3.63, 3.8) is 0 Å². The number of benzene rings is 1. The van der Waals surface area contributed by atoms with Gasteiger partial charge in [-0.25, -0.2) is 4.79 Å². The lowest BCUT2D eigenvalue weighted by Crippen LogP contribution is -2.33. The van der Waals surface area contributed by atoms with Gasteiger partial charge in [-0.3, -0.25) is 0 Å². The summed E-state index contributed by atoms with van der Waals surface area (Å²) in [6.45, 7) is 4.33. The van der Waals surface area contributed by atoms with Crippen molar-refractivity contribution in [1.82, 2.24) is 0 Å². The molecule has 0 aromatic heterocycles. The van der Waals surface area contributed by atoms with E-state index in [9.17, 15) is 4.79 Å². The molecule has 1 aromatic rings. The van der Waals surface area contributed by atoms with Crippen LogP contribution >= 0.6 is 0 Å². The standard InChI is InChI=1S/C14H15NO3/c1-9-6-11-13(18-8-17-11)12(10(9)2)14(15-7-16)4-3-5-14/h6H,3-5,8H2,1-2H3. The molecule has 18 heavy (non-hydrogen) atoms. The molecule has 1 fully saturated rings. The number of aryl methyl sites for hydroxylation is 1. The first kappa shape index (κ1) is 11.3. The molecule has 0 atom stereocenters. The Bertz CT molecular complexity index is 555. The van der Waals surface area contributed by atoms with Crippen molar-refractivity contribution < 1.29 is 14.3 Å². The van der Waals surface area contributed by atoms with E-state index >= 15 is 0 Å². The number of aliphatic imine (C=N–C) groups is 1. The summed E-state index contributed by atoms with van der Waals surface area (Å²) >= 11 is 0. The predicted octanol–water partition coefficient (Wildman–Crippen LogP) is 2.75. The van der Waals surface area contributed by atoms with Crippen molar-refractivity contribution in [3.8, 4) is 11.5 Å². The second-order valence-electron chi connectivity index (χ2n) is 5.02. The quantitative estimate of drug-likeness (QED) is 0.594. The van der Waals surface area contributed by atoms with Gasteiger partial charge in [-0.1, -0.05) is 0 Å². The minimum absolute atomic E-state index is 0.242. The summed E-state index contributed by atoms with van der Waals surface area (Å²) in [5.74, 6) is 1.53. The maximum atomic E-state index is 10.7. The summed E-state index contributed by atoms with van der Waals surface area (Å²) in [5, 5.41) is 0. The molecule has 0 N–H and O–H groups in total. The number of hydrogen-bond acceptors (Lipinski definition) is 4. The Balaban J connectivity index is 2.25. The van der Waals surface area contributed by atoms with Crippen LogP contribution in [-0.4, -0.2) is 12.9 Å². The van der Waals surface area contributed by atoms with Crippen LogP contribution < -0.4 is 9.47 Å². The van der Waals surface area contributed by atoms with E-state index in [2.05, 4.69) is 4.99 Å². The third-order valence-corrected chi connectivity index (χ3v) is 4.09. The molecule has 0 radical (unpaired) electrons. The third kappa shape index (κ3) is 1.39. The second kappa shape index (κ2) is 3.85. The van der Waals surface area contributed by atoms with Crippen molar-refractivity contribution in [2.24, 2.45) is 4.99 Å². The van der Waals surface area contributed by atoms with E-state index in [1.807, 2.05) is 19.9 Å². The molecule has 4 nitrogen and oxygen atoms in total. The Hall–Kier alpha value is -1.80. The fourth-order valence-electron chi connectivity index (χ4n) is 2.84. The van der Waals surface area contributed by atoms with Crippen molar-refractivity contribution in [1.29, 1.82) is 0 Å². The number of ether oxygens (including phenoxy) is 2. The number of isocyanates is 1. The van der Waals surface area contributed by atoms with E-state index in [1.165, 1.54) is 0 Å². The Morgan fingerprint density at radius 2 is 2.11 bits per heavy atom. The maximum absolute atomic E-state index is 10.7. The van der Waals surface area contributed by atoms with Crippen LogP contribution in [-0.2, 0) is 10.3 Å². The number of nitrogens with zero attached hydrogens (tertiary/aromatic N) is 1. The topological polar surface area (TPSA) is 47.9 Å². The van der Waals surface area contributed by atoms with Crippen LogP contribution in [0.1, 0.15) is 36.0 Å². The molecule has 1 heterocycles. The van der Waals surface area contributed by atoms with Gasteiger partial charge in [-0.15, -0.1) is 0 Å². The molecule has 0 unspecified atom stereocenters. The number of fused-ring (bicyclic) bond motifs is 1. The van der Waals surface area contributed by atoms with Gasteiger partial charge in [0.15, 0.2) is 11.5 Å². The Kier molecular flexibility index (Phi) is 2.42. The minimum Gasteiger partial charge on any atom is -0.454 e. The summed E-state index contributed by atoms with van der Waals surface area (Å²) in [4.78, 5) is 14.8. The van der Waals surface area contributed by atoms with Crippen LogP contribution in [0.4, 0.5) is 0 Å². The molecular formula is C14H15NO3. The lowest BCUT2D eigenvalue weighted by atomic mass is 9.70. The number of carbonyl (C=O) groups excluding carboxylic acids is 1. The van der Waals surface area contributed by atoms with E-state index in [4.69, 9.17) is 9.47 Å². The molecule has 4 heteroatoms. The zero-order valence-corrected chi connectivity index (χ0v) is 10.6. The molecular weight excluding hydrogens is 230 g/mol. The van der Waals surface area contributed by atoms with Crippen molar-refractivity contribution in [2.45, 2.75) is 38.6 Å². The van der Waals surface area contributed by atoms with Crippen LogP contribution in [0.15, 0.2) is 11.1 Å². The van der Waals surface area contributed by atoms with Crippen molar-refractivity contribution in [3.05, 3.63) is 22.8 Å². The van der Waals surface area contributed by atoms with E-state index < -0.39 is 5.54 Å². The Morgan fingerprint density at radius 1 is 1.33 bits per heavy atom. The van der Waals surface area contributed by atoms with Gasteiger partial charge in [-0.05, 0) is 50.3 Å². The molecule has 0 amide bonds. The molecule has 0 bridgehead atoms. The van der Waals surface area contributed by atoms with Crippen LogP contribution in [0.5, 0.6) is 11.5 Å². The summed E-state index contributed by atoms with van der Waals surface area (Å²) in [6.07, 6.45) is 4.56. The molecule has 1 saturated carbocycles. The summed E-state index contributed by atoms with van der Waals surface area (Å²) in [5.41, 5.74) is 2.86. The highest BCUT2D eigenvalue weighted by molar-refractivity contribution is 5.59. The van der Waals surface area contributed by atoms with Gasteiger partial charge in [0.25, 0.3) is 0 Å². The van der Waals surface area contributed by atoms with Gasteiger partial charge < -0.3 is 9.47 Å². The van der Waals surface area contributed by atoms with E-state index in [1.54, 1.807) is 6.08 Å². The lowest BCUT2D eigenvalue weighted by molar-refractivity contribution is 0.168. The number of hydrogen-bond donors (Lipinski definition) is 0. The van der Waals surface area contributed by atoms with Gasteiger partial charge in [-0.2, -0.15) is 4.99 Å². The fourth-order valence-corrected chi connectivity index (χ4v) is 2.84. The highest BCUT2D eigenvalue weighted by Gasteiger charge is 2.44. The first-order valence-electron chi connectivity index (χ1n) is 6.17. The Labute approximate surface area is 106 Å². The average Bonchev–Trinajstić information content (AvgIpc) is 2.74. The third-order valence-electron chi connectivity index (χ3n) is 4.09. The minimum atomic E-state index is -0.435. The van der Waals surface area contributed by atoms with Gasteiger partial charge in [0, 0.05) is 5.56 Å². The summed E-state index contributed by atoms with van der Waals surface area (Å²) < 4.78 is 11.0. The zero-order chi connectivity index (χ0) is 12.8. The molecule has 2 aliphatic rings. The monoisotopic (exact) mass is 245 g/mol. The Morgan fingerprint density at radius 3 is 2.72 bits per heavy atom. The first-order chi connectivity index (χ1) is 8.68. The molecule has 1 aliphatic heterocycles. The zero-order valence-electron chi connectivity index (χ0n) is 10.6. The average molecular weight is 245 g/mol. The number of rotatable bonds is 2. The predicted molar refractivity (Wildman–Crippen MR) is 65.7 cm³/mol. The van der Waals surface area contributed by atoms with Crippen LogP contribution in [0, 0.1) is 13.8 Å². The van der Waals surface area contributed by atoms with Crippen LogP contribution in [0.2, 0.25) is 0 Å². The molecule has 0 saturated heterocycles. The molecule has 1 aromatic carbocycles. The molecule has 0 spiro atoms. The normalized spacial score (nSPS) is 19.0. The van der Waals surface area contributed by atoms with Crippen LogP contribution in [0.25, 0.3) is 0 Å². The van der Waals surface area contributed by atoms with Gasteiger partial charge in [0.2, 0.25) is 12.9 Å². The van der Waals surface area contributed by atoms with Crippen molar-refractivity contribution in [2.75, 3.05) is 6.79 Å². The highest BCUT2D eigenvalue weighted by atomic mass is 16.7. The molecule has 3 rings (SSSR count). The van der Waals surface area contributed by atoms with E-state index in [0.29, 0.717) is 0 Å². The smallest absolute Gasteiger partial charge is 0.235 e. The van der Waals surface area contributed by atoms with Crippen molar-refractivity contribution >= 4 is 6.08 Å². The molecule has 1 aliphatic carbocycles. The lowest BCUT2D eigenvalue weighted by Gasteiger charge is -2.38. The first-order valence-corrected chi connectivity index (χ1v) is 6.17. The van der Waals surface area contributed by atoms with Gasteiger partial charge in [0.05, 0.1) is 0 Å². The fraction of sp³-hybridized carbons (Fsp3) is 0.500. The maximum Gasteiger partial charge on any atom is 0.235 e. The SMILES string of the molecule is Cc1cc2c(c(C3(N=C=O)CCC3)c1C)OCO2. The van der Waals surface area contributed by atoms with Gasteiger partial charge >= 0.3 is 0 Å². The van der Waals surface area contributed by atoms with Gasteiger partial charge in [0.1, 0.15) is 5.54 Å². The highest BCUT2D eigenvalue weighted by Crippen LogP contribution is 2.53. The largest absolute Gasteiger partial charge is 0.454 e. The van der Waals surface area contributed by atoms with E-state index in [0.717, 1.165) is 47.5 Å². The molecule has 94 valence electrons.